The lowest BCUT2D eigenvalue weighted by Gasteiger charge is -2.18. The first-order valence-corrected chi connectivity index (χ1v) is 9.52. The Kier molecular flexibility index (Phi) is 9.53. The number of benzene rings is 1. The third-order valence-electron chi connectivity index (χ3n) is 3.28. The number of carbonyl (C=O) groups excluding carboxylic acids is 1. The lowest BCUT2D eigenvalue weighted by atomic mass is 9.92. The number of hydrogen-bond acceptors (Lipinski definition) is 5. The van der Waals surface area contributed by atoms with Crippen molar-refractivity contribution in [3.05, 3.63) is 36.0 Å². The quantitative estimate of drug-likeness (QED) is 0.265. The molecule has 156 valence electrons. The molecule has 5 N–H and O–H groups in total. The van der Waals surface area contributed by atoms with E-state index in [1.807, 2.05) is 20.8 Å². The van der Waals surface area contributed by atoms with Gasteiger partial charge in [0, 0.05) is 23.3 Å². The fourth-order valence-corrected chi connectivity index (χ4v) is 1.96. The number of aliphatic imine (C=N–C) groups is 1. The summed E-state index contributed by atoms with van der Waals surface area (Å²) in [6, 6.07) is 7.06. The van der Waals surface area contributed by atoms with Crippen LogP contribution in [0.3, 0.4) is 0 Å². The van der Waals surface area contributed by atoms with E-state index < -0.39 is 16.5 Å². The summed E-state index contributed by atoms with van der Waals surface area (Å²) in [6.45, 7) is 5.43. The minimum absolute atomic E-state index is 0.0967. The number of rotatable bonds is 6. The zero-order chi connectivity index (χ0) is 21.4. The van der Waals surface area contributed by atoms with Crippen LogP contribution in [0.15, 0.2) is 41.0 Å². The van der Waals surface area contributed by atoms with Gasteiger partial charge < -0.3 is 20.3 Å². The Balaban J connectivity index is 3.07. The van der Waals surface area contributed by atoms with E-state index in [9.17, 15) is 4.79 Å². The molecule has 1 amide bonds. The molecule has 1 aromatic rings. The normalized spacial score (nSPS) is 13.4. The molecule has 0 aliphatic rings. The van der Waals surface area contributed by atoms with Gasteiger partial charge in [-0.3, -0.25) is 5.32 Å². The highest BCUT2D eigenvalue weighted by molar-refractivity contribution is 6.67. The molecule has 10 heteroatoms. The smallest absolute Gasteiger partial charge is 0.438 e. The SMILES string of the molecule is CC(C)(C)/C(N)=C/C(=N\C(=O)OCC(Cl)(Cl)Cl)[NH2+]c1cccc(OCCO)c1. The Morgan fingerprint density at radius 1 is 1.32 bits per heavy atom. The Labute approximate surface area is 179 Å². The molecule has 0 unspecified atom stereocenters. The molecule has 0 spiro atoms. The summed E-state index contributed by atoms with van der Waals surface area (Å²) in [4.78, 5) is 15.9. The summed E-state index contributed by atoms with van der Waals surface area (Å²) < 4.78 is 8.51. The number of hydrogen-bond donors (Lipinski definition) is 3. The fourth-order valence-electron chi connectivity index (χ4n) is 1.79. The maximum atomic E-state index is 12.0. The first-order chi connectivity index (χ1) is 12.9. The van der Waals surface area contributed by atoms with Gasteiger partial charge in [-0.1, -0.05) is 61.6 Å². The number of nitrogens with zero attached hydrogens (tertiary/aromatic N) is 1. The molecule has 0 aliphatic carbocycles. The van der Waals surface area contributed by atoms with Gasteiger partial charge in [-0.05, 0) is 12.1 Å². The fraction of sp³-hybridized carbons (Fsp3) is 0.444. The van der Waals surface area contributed by atoms with Crippen molar-refractivity contribution in [2.75, 3.05) is 19.8 Å². The number of amides is 1. The highest BCUT2D eigenvalue weighted by atomic mass is 35.6. The Morgan fingerprint density at radius 3 is 2.57 bits per heavy atom. The lowest BCUT2D eigenvalue weighted by molar-refractivity contribution is -0.442. The number of amidine groups is 1. The van der Waals surface area contributed by atoms with Crippen molar-refractivity contribution < 1.29 is 24.7 Å². The maximum absolute atomic E-state index is 12.0. The standard InChI is InChI=1S/C18H24Cl3N3O4/c1-17(2,3)14(22)10-15(24-16(26)28-11-18(19,20)21)23-12-5-4-6-13(9-12)27-8-7-25/h4-6,9-10,25H,7-8,11,22H2,1-3H3,(H,23,24,26)/p+1/b14-10-. The molecule has 0 aromatic heterocycles. The molecule has 0 saturated carbocycles. The van der Waals surface area contributed by atoms with Gasteiger partial charge in [0.1, 0.15) is 24.7 Å². The van der Waals surface area contributed by atoms with E-state index in [4.69, 9.17) is 55.1 Å². The van der Waals surface area contributed by atoms with Crippen LogP contribution in [-0.4, -0.2) is 40.6 Å². The molecule has 0 bridgehead atoms. The molecule has 0 heterocycles. The van der Waals surface area contributed by atoms with Crippen molar-refractivity contribution in [3.8, 4) is 5.75 Å². The summed E-state index contributed by atoms with van der Waals surface area (Å²) in [6.07, 6.45) is 0.668. The number of aliphatic hydroxyl groups is 1. The van der Waals surface area contributed by atoms with Crippen LogP contribution in [0.4, 0.5) is 10.5 Å². The number of ether oxygens (including phenoxy) is 2. The number of quaternary nitrogens is 1. The maximum Gasteiger partial charge on any atom is 0.438 e. The molecule has 0 atom stereocenters. The molecule has 1 aromatic carbocycles. The van der Waals surface area contributed by atoms with Crippen LogP contribution in [0.2, 0.25) is 0 Å². The number of carbonyl (C=O) groups is 1. The number of aliphatic hydroxyl groups excluding tert-OH is 1. The van der Waals surface area contributed by atoms with Crippen molar-refractivity contribution in [1.29, 1.82) is 0 Å². The van der Waals surface area contributed by atoms with Gasteiger partial charge in [0.15, 0.2) is 0 Å². The Morgan fingerprint density at radius 2 is 2.00 bits per heavy atom. The summed E-state index contributed by atoms with van der Waals surface area (Å²) in [5.41, 5.74) is 7.01. The van der Waals surface area contributed by atoms with Crippen molar-refractivity contribution >= 4 is 52.4 Å². The average Bonchev–Trinajstić information content (AvgIpc) is 2.57. The highest BCUT2D eigenvalue weighted by Crippen LogP contribution is 2.26. The van der Waals surface area contributed by atoms with Crippen molar-refractivity contribution in [1.82, 2.24) is 0 Å². The largest absolute Gasteiger partial charge is 0.491 e. The van der Waals surface area contributed by atoms with Crippen LogP contribution in [0, 0.1) is 5.41 Å². The molecular weight excluding hydrogens is 429 g/mol. The van der Waals surface area contributed by atoms with E-state index in [2.05, 4.69) is 4.99 Å². The molecule has 0 radical (unpaired) electrons. The first kappa shape index (κ1) is 24.5. The van der Waals surface area contributed by atoms with Gasteiger partial charge >= 0.3 is 6.09 Å². The van der Waals surface area contributed by atoms with Gasteiger partial charge in [-0.2, -0.15) is 0 Å². The average molecular weight is 454 g/mol. The Bertz CT molecular complexity index is 726. The molecular formula is C18H25Cl3N3O4+. The van der Waals surface area contributed by atoms with Gasteiger partial charge in [-0.15, -0.1) is 4.99 Å². The van der Waals surface area contributed by atoms with Crippen LogP contribution in [0.5, 0.6) is 5.75 Å². The van der Waals surface area contributed by atoms with Crippen LogP contribution in [0.1, 0.15) is 20.8 Å². The van der Waals surface area contributed by atoms with E-state index >= 15 is 0 Å². The molecule has 7 nitrogen and oxygen atoms in total. The zero-order valence-electron chi connectivity index (χ0n) is 15.9. The predicted octanol–water partition coefficient (Wildman–Crippen LogP) is 3.05. The van der Waals surface area contributed by atoms with Gasteiger partial charge in [0.25, 0.3) is 0 Å². The summed E-state index contributed by atoms with van der Waals surface area (Å²) in [5.74, 6) is 0.828. The van der Waals surface area contributed by atoms with E-state index in [-0.39, 0.29) is 24.5 Å². The van der Waals surface area contributed by atoms with Crippen molar-refractivity contribution in [3.63, 3.8) is 0 Å². The molecule has 1 rings (SSSR count). The highest BCUT2D eigenvalue weighted by Gasteiger charge is 2.23. The number of allylic oxidation sites excluding steroid dienone is 1. The van der Waals surface area contributed by atoms with E-state index in [1.165, 1.54) is 0 Å². The minimum atomic E-state index is -1.73. The molecule has 0 aliphatic heterocycles. The second-order valence-electron chi connectivity index (χ2n) is 6.85. The van der Waals surface area contributed by atoms with Crippen molar-refractivity contribution in [2.24, 2.45) is 16.1 Å². The van der Waals surface area contributed by atoms with Crippen LogP contribution in [0.25, 0.3) is 0 Å². The van der Waals surface area contributed by atoms with E-state index in [0.29, 0.717) is 17.1 Å². The predicted molar refractivity (Wildman–Crippen MR) is 111 cm³/mol. The second-order valence-corrected chi connectivity index (χ2v) is 9.36. The van der Waals surface area contributed by atoms with Gasteiger partial charge in [0.05, 0.1) is 6.61 Å². The number of halogens is 3. The van der Waals surface area contributed by atoms with Crippen LogP contribution >= 0.6 is 34.8 Å². The van der Waals surface area contributed by atoms with Gasteiger partial charge in [-0.25, -0.2) is 4.79 Å². The molecule has 0 fully saturated rings. The van der Waals surface area contributed by atoms with Crippen molar-refractivity contribution in [2.45, 2.75) is 24.6 Å². The molecule has 28 heavy (non-hydrogen) atoms. The topological polar surface area (TPSA) is 111 Å². The van der Waals surface area contributed by atoms with E-state index in [1.54, 1.807) is 35.7 Å². The monoisotopic (exact) mass is 452 g/mol. The third kappa shape index (κ3) is 10.1. The molecule has 0 saturated heterocycles. The minimum Gasteiger partial charge on any atom is -0.491 e. The number of nitrogens with two attached hydrogens (primary N) is 2. The summed E-state index contributed by atoms with van der Waals surface area (Å²) in [7, 11) is 0. The first-order valence-electron chi connectivity index (χ1n) is 8.39. The summed E-state index contributed by atoms with van der Waals surface area (Å²) in [5, 5.41) is 10.5. The van der Waals surface area contributed by atoms with Crippen LogP contribution in [-0.2, 0) is 4.74 Å². The van der Waals surface area contributed by atoms with Gasteiger partial charge in [0.2, 0.25) is 9.63 Å². The summed E-state index contributed by atoms with van der Waals surface area (Å²) >= 11 is 16.7. The third-order valence-corrected chi connectivity index (χ3v) is 3.61. The van der Waals surface area contributed by atoms with E-state index in [0.717, 1.165) is 0 Å². The Hall–Kier alpha value is -1.51. The second kappa shape index (κ2) is 10.9. The van der Waals surface area contributed by atoms with Crippen LogP contribution < -0.4 is 15.8 Å². The lowest BCUT2D eigenvalue weighted by Crippen LogP contribution is -2.82. The number of alkyl halides is 3. The zero-order valence-corrected chi connectivity index (χ0v) is 18.2.